The van der Waals surface area contributed by atoms with Gasteiger partial charge in [-0.25, -0.2) is 4.79 Å². The van der Waals surface area contributed by atoms with Crippen LogP contribution in [0.2, 0.25) is 0 Å². The van der Waals surface area contributed by atoms with E-state index >= 15 is 0 Å². The third-order valence-corrected chi connectivity index (χ3v) is 2.23. The van der Waals surface area contributed by atoms with Crippen molar-refractivity contribution in [1.82, 2.24) is 0 Å². The second-order valence-electron chi connectivity index (χ2n) is 3.69. The zero-order valence-corrected chi connectivity index (χ0v) is 10.4. The number of hydrogen-bond acceptors (Lipinski definition) is 1. The first-order chi connectivity index (χ1) is 7.49. The van der Waals surface area contributed by atoms with Crippen LogP contribution in [0, 0.1) is 0 Å². The van der Waals surface area contributed by atoms with Gasteiger partial charge in [0, 0.05) is 5.57 Å². The minimum Gasteiger partial charge on any atom is -0.478 e. The van der Waals surface area contributed by atoms with Crippen LogP contribution >= 0.6 is 0 Å². The average Bonchev–Trinajstić information content (AvgIpc) is 2.24. The van der Waals surface area contributed by atoms with Crippen LogP contribution < -0.4 is 0 Å². The van der Waals surface area contributed by atoms with Crippen LogP contribution in [-0.2, 0) is 4.79 Å². The number of allylic oxidation sites excluding steroid dienone is 7. The predicted octanol–water partition coefficient (Wildman–Crippen LogP) is 3.88. The van der Waals surface area contributed by atoms with E-state index in [0.717, 1.165) is 17.6 Å². The Morgan fingerprint density at radius 3 is 2.31 bits per heavy atom. The van der Waals surface area contributed by atoms with Crippen molar-refractivity contribution in [1.29, 1.82) is 0 Å². The maximum absolute atomic E-state index is 10.7. The van der Waals surface area contributed by atoms with Gasteiger partial charge in [0.1, 0.15) is 0 Å². The molecule has 0 fully saturated rings. The molecule has 0 amide bonds. The molecule has 0 saturated carbocycles. The van der Waals surface area contributed by atoms with Gasteiger partial charge in [-0.05, 0) is 32.8 Å². The topological polar surface area (TPSA) is 37.3 Å². The Kier molecular flexibility index (Phi) is 6.93. The van der Waals surface area contributed by atoms with Gasteiger partial charge in [0.2, 0.25) is 0 Å². The van der Waals surface area contributed by atoms with Crippen LogP contribution in [0.15, 0.2) is 47.1 Å². The molecule has 0 bridgehead atoms. The van der Waals surface area contributed by atoms with E-state index in [0.29, 0.717) is 5.57 Å². The number of hydrogen-bond donors (Lipinski definition) is 1. The second kappa shape index (κ2) is 7.69. The average molecular weight is 220 g/mol. The number of rotatable bonds is 5. The lowest BCUT2D eigenvalue weighted by Crippen LogP contribution is -1.97. The van der Waals surface area contributed by atoms with Crippen molar-refractivity contribution in [3.63, 3.8) is 0 Å². The van der Waals surface area contributed by atoms with Crippen LogP contribution in [0.3, 0.4) is 0 Å². The van der Waals surface area contributed by atoms with E-state index in [1.807, 2.05) is 31.2 Å². The zero-order chi connectivity index (χ0) is 12.6. The van der Waals surface area contributed by atoms with E-state index in [2.05, 4.69) is 13.0 Å². The number of carboxylic acid groups (broad SMARTS) is 1. The SMILES string of the molecule is CCC=CC(C)=CC=CC(C)=C(C)C(=O)O. The highest BCUT2D eigenvalue weighted by Gasteiger charge is 2.01. The molecule has 0 rings (SSSR count). The van der Waals surface area contributed by atoms with Crippen molar-refractivity contribution in [2.45, 2.75) is 34.1 Å². The van der Waals surface area contributed by atoms with Gasteiger partial charge in [0.15, 0.2) is 0 Å². The standard InChI is InChI=1S/C14H20O2/c1-5-6-8-11(2)9-7-10-12(3)13(4)14(15)16/h6-10H,5H2,1-4H3,(H,15,16). The molecule has 0 atom stereocenters. The molecule has 0 spiro atoms. The molecule has 0 aliphatic carbocycles. The molecule has 1 N–H and O–H groups in total. The highest BCUT2D eigenvalue weighted by Crippen LogP contribution is 2.05. The molecule has 16 heavy (non-hydrogen) atoms. The van der Waals surface area contributed by atoms with Gasteiger partial charge in [-0.1, -0.05) is 42.9 Å². The first kappa shape index (κ1) is 14.4. The lowest BCUT2D eigenvalue weighted by Gasteiger charge is -1.96. The third kappa shape index (κ3) is 6.02. The minimum absolute atomic E-state index is 0.381. The third-order valence-electron chi connectivity index (χ3n) is 2.23. The lowest BCUT2D eigenvalue weighted by molar-refractivity contribution is -0.132. The van der Waals surface area contributed by atoms with Crippen LogP contribution in [0.1, 0.15) is 34.1 Å². The van der Waals surface area contributed by atoms with Gasteiger partial charge in [-0.2, -0.15) is 0 Å². The molecule has 2 nitrogen and oxygen atoms in total. The Morgan fingerprint density at radius 1 is 1.19 bits per heavy atom. The summed E-state index contributed by atoms with van der Waals surface area (Å²) < 4.78 is 0. The van der Waals surface area contributed by atoms with Crippen LogP contribution in [0.5, 0.6) is 0 Å². The Labute approximate surface area is 97.7 Å². The van der Waals surface area contributed by atoms with E-state index in [4.69, 9.17) is 5.11 Å². The van der Waals surface area contributed by atoms with E-state index in [-0.39, 0.29) is 0 Å². The Hall–Kier alpha value is -1.57. The normalized spacial score (nSPS) is 14.6. The first-order valence-corrected chi connectivity index (χ1v) is 5.41. The molecular formula is C14H20O2. The quantitative estimate of drug-likeness (QED) is 0.564. The molecular weight excluding hydrogens is 200 g/mol. The van der Waals surface area contributed by atoms with Gasteiger partial charge in [-0.3, -0.25) is 0 Å². The maximum atomic E-state index is 10.7. The summed E-state index contributed by atoms with van der Waals surface area (Å²) in [6.07, 6.45) is 10.8. The van der Waals surface area contributed by atoms with Crippen LogP contribution in [0.25, 0.3) is 0 Å². The van der Waals surface area contributed by atoms with Gasteiger partial charge in [0.25, 0.3) is 0 Å². The number of carboxylic acids is 1. The summed E-state index contributed by atoms with van der Waals surface area (Å²) in [5.74, 6) is -0.867. The fraction of sp³-hybridized carbons (Fsp3) is 0.357. The van der Waals surface area contributed by atoms with Crippen molar-refractivity contribution >= 4 is 5.97 Å². The summed E-state index contributed by atoms with van der Waals surface area (Å²) in [5.41, 5.74) is 2.31. The molecule has 0 aromatic carbocycles. The van der Waals surface area contributed by atoms with Crippen molar-refractivity contribution in [2.75, 3.05) is 0 Å². The Bertz CT molecular complexity index is 355. The lowest BCUT2D eigenvalue weighted by atomic mass is 10.1. The second-order valence-corrected chi connectivity index (χ2v) is 3.69. The number of aliphatic carboxylic acids is 1. The molecule has 0 aromatic rings. The van der Waals surface area contributed by atoms with Gasteiger partial charge < -0.3 is 5.11 Å². The molecule has 2 heteroatoms. The van der Waals surface area contributed by atoms with E-state index < -0.39 is 5.97 Å². The van der Waals surface area contributed by atoms with Crippen molar-refractivity contribution in [3.8, 4) is 0 Å². The van der Waals surface area contributed by atoms with Gasteiger partial charge in [-0.15, -0.1) is 0 Å². The summed E-state index contributed by atoms with van der Waals surface area (Å²) in [5, 5.41) is 8.76. The Balaban J connectivity index is 4.57. The van der Waals surface area contributed by atoms with E-state index in [1.54, 1.807) is 13.8 Å². The first-order valence-electron chi connectivity index (χ1n) is 5.41. The van der Waals surface area contributed by atoms with Crippen molar-refractivity contribution in [2.24, 2.45) is 0 Å². The minimum atomic E-state index is -0.867. The number of carbonyl (C=O) groups is 1. The molecule has 0 unspecified atom stereocenters. The van der Waals surface area contributed by atoms with Gasteiger partial charge >= 0.3 is 5.97 Å². The van der Waals surface area contributed by atoms with Crippen molar-refractivity contribution < 1.29 is 9.90 Å². The van der Waals surface area contributed by atoms with Crippen molar-refractivity contribution in [3.05, 3.63) is 47.1 Å². The summed E-state index contributed by atoms with van der Waals surface area (Å²) >= 11 is 0. The monoisotopic (exact) mass is 220 g/mol. The molecule has 88 valence electrons. The summed E-state index contributed by atoms with van der Waals surface area (Å²) in [6.45, 7) is 7.50. The highest BCUT2D eigenvalue weighted by molar-refractivity contribution is 5.87. The fourth-order valence-electron chi connectivity index (χ4n) is 0.997. The van der Waals surface area contributed by atoms with E-state index in [9.17, 15) is 4.79 Å². The molecule has 0 heterocycles. The van der Waals surface area contributed by atoms with E-state index in [1.165, 1.54) is 0 Å². The van der Waals surface area contributed by atoms with Crippen LogP contribution in [-0.4, -0.2) is 11.1 Å². The summed E-state index contributed by atoms with van der Waals surface area (Å²) in [6, 6.07) is 0. The molecule has 0 saturated heterocycles. The molecule has 0 aliphatic rings. The molecule has 0 aromatic heterocycles. The summed E-state index contributed by atoms with van der Waals surface area (Å²) in [4.78, 5) is 10.7. The smallest absolute Gasteiger partial charge is 0.331 e. The zero-order valence-electron chi connectivity index (χ0n) is 10.4. The predicted molar refractivity (Wildman–Crippen MR) is 68.3 cm³/mol. The summed E-state index contributed by atoms with van der Waals surface area (Å²) in [7, 11) is 0. The Morgan fingerprint density at radius 2 is 1.81 bits per heavy atom. The largest absolute Gasteiger partial charge is 0.478 e. The maximum Gasteiger partial charge on any atom is 0.331 e. The van der Waals surface area contributed by atoms with Crippen LogP contribution in [0.4, 0.5) is 0 Å². The highest BCUT2D eigenvalue weighted by atomic mass is 16.4. The fourth-order valence-corrected chi connectivity index (χ4v) is 0.997. The molecule has 0 radical (unpaired) electrons. The molecule has 0 aliphatic heterocycles. The van der Waals surface area contributed by atoms with Gasteiger partial charge in [0.05, 0.1) is 0 Å².